The first-order valence-electron chi connectivity index (χ1n) is 10.3. The number of carbonyl (C=O) groups excluding carboxylic acids is 2. The molecule has 2 aromatic rings. The minimum atomic E-state index is -1.20. The van der Waals surface area contributed by atoms with Gasteiger partial charge in [-0.15, -0.1) is 0 Å². The molecule has 7 heteroatoms. The molecule has 0 unspecified atom stereocenters. The molecule has 2 aromatic carbocycles. The van der Waals surface area contributed by atoms with E-state index in [1.54, 1.807) is 13.8 Å². The highest BCUT2D eigenvalue weighted by Gasteiger charge is 2.37. The molecule has 31 heavy (non-hydrogen) atoms. The molecule has 2 rings (SSSR count). The second kappa shape index (κ2) is 14.3. The van der Waals surface area contributed by atoms with Crippen LogP contribution in [0.3, 0.4) is 0 Å². The van der Waals surface area contributed by atoms with Crippen LogP contribution >= 0.6 is 0 Å². The average molecular weight is 430 g/mol. The maximum atomic E-state index is 12.6. The van der Waals surface area contributed by atoms with Crippen molar-refractivity contribution in [2.45, 2.75) is 33.2 Å². The third kappa shape index (κ3) is 8.88. The van der Waals surface area contributed by atoms with Crippen LogP contribution < -0.4 is 0 Å². The summed E-state index contributed by atoms with van der Waals surface area (Å²) in [7, 11) is 0. The van der Waals surface area contributed by atoms with Crippen molar-refractivity contribution in [2.75, 3.05) is 26.6 Å². The summed E-state index contributed by atoms with van der Waals surface area (Å²) in [5, 5.41) is 0. The standard InChI is InChI=1S/C24H30O7/c1-3-29-23(25)21(17-27-15-19-11-7-5-8-12-19)22(24(26)30-4-2)31-18-28-16-20-13-9-6-10-14-20/h5-14,21-22H,3-4,15-18H2,1-2H3/t21-,22-/m1/s1. The van der Waals surface area contributed by atoms with Gasteiger partial charge in [-0.25, -0.2) is 4.79 Å². The largest absolute Gasteiger partial charge is 0.466 e. The van der Waals surface area contributed by atoms with E-state index in [0.717, 1.165) is 11.1 Å². The molecule has 0 saturated heterocycles. The number of rotatable bonds is 14. The molecule has 0 aliphatic rings. The first kappa shape index (κ1) is 24.5. The summed E-state index contributed by atoms with van der Waals surface area (Å²) < 4.78 is 27.1. The van der Waals surface area contributed by atoms with E-state index in [1.807, 2.05) is 60.7 Å². The fourth-order valence-corrected chi connectivity index (χ4v) is 2.83. The lowest BCUT2D eigenvalue weighted by atomic mass is 10.0. The fourth-order valence-electron chi connectivity index (χ4n) is 2.83. The van der Waals surface area contributed by atoms with Gasteiger partial charge < -0.3 is 23.7 Å². The predicted octanol–water partition coefficient (Wildman–Crippen LogP) is 3.51. The van der Waals surface area contributed by atoms with Crippen molar-refractivity contribution in [2.24, 2.45) is 5.92 Å². The molecule has 0 aromatic heterocycles. The van der Waals surface area contributed by atoms with Gasteiger partial charge >= 0.3 is 11.9 Å². The lowest BCUT2D eigenvalue weighted by Gasteiger charge is -2.24. The van der Waals surface area contributed by atoms with Crippen molar-refractivity contribution < 1.29 is 33.3 Å². The van der Waals surface area contributed by atoms with E-state index in [-0.39, 0.29) is 33.2 Å². The van der Waals surface area contributed by atoms with Crippen molar-refractivity contribution in [1.82, 2.24) is 0 Å². The second-order valence-electron chi connectivity index (χ2n) is 6.65. The molecule has 2 atom stereocenters. The molecule has 0 saturated carbocycles. The zero-order valence-electron chi connectivity index (χ0n) is 18.0. The van der Waals surface area contributed by atoms with E-state index in [0.29, 0.717) is 6.61 Å². The van der Waals surface area contributed by atoms with Gasteiger partial charge in [-0.2, -0.15) is 0 Å². The Labute approximate surface area is 183 Å². The molecule has 0 spiro atoms. The molecular weight excluding hydrogens is 400 g/mol. The van der Waals surface area contributed by atoms with Gasteiger partial charge in [-0.1, -0.05) is 60.7 Å². The first-order valence-corrected chi connectivity index (χ1v) is 10.3. The zero-order valence-corrected chi connectivity index (χ0v) is 18.0. The van der Waals surface area contributed by atoms with Gasteiger partial charge in [0.15, 0.2) is 6.10 Å². The number of esters is 2. The Kier molecular flexibility index (Phi) is 11.3. The Morgan fingerprint density at radius 3 is 1.81 bits per heavy atom. The molecule has 0 amide bonds. The van der Waals surface area contributed by atoms with Gasteiger partial charge in [0.1, 0.15) is 12.7 Å². The highest BCUT2D eigenvalue weighted by molar-refractivity contribution is 5.84. The van der Waals surface area contributed by atoms with Crippen LogP contribution in [0.4, 0.5) is 0 Å². The Morgan fingerprint density at radius 2 is 1.26 bits per heavy atom. The van der Waals surface area contributed by atoms with E-state index in [1.165, 1.54) is 0 Å². The minimum Gasteiger partial charge on any atom is -0.466 e. The van der Waals surface area contributed by atoms with Crippen LogP contribution in [0.1, 0.15) is 25.0 Å². The van der Waals surface area contributed by atoms with Crippen LogP contribution in [0.2, 0.25) is 0 Å². The summed E-state index contributed by atoms with van der Waals surface area (Å²) in [6, 6.07) is 19.1. The van der Waals surface area contributed by atoms with Crippen molar-refractivity contribution in [3.63, 3.8) is 0 Å². The van der Waals surface area contributed by atoms with Crippen LogP contribution in [0.25, 0.3) is 0 Å². The average Bonchev–Trinajstić information content (AvgIpc) is 2.79. The Bertz CT molecular complexity index is 764. The van der Waals surface area contributed by atoms with Gasteiger partial charge in [-0.3, -0.25) is 4.79 Å². The van der Waals surface area contributed by atoms with Crippen LogP contribution in [0.15, 0.2) is 60.7 Å². The van der Waals surface area contributed by atoms with Crippen LogP contribution in [0.5, 0.6) is 0 Å². The summed E-state index contributed by atoms with van der Waals surface area (Å²) in [4.78, 5) is 25.1. The number of hydrogen-bond acceptors (Lipinski definition) is 7. The van der Waals surface area contributed by atoms with Crippen LogP contribution in [-0.2, 0) is 46.5 Å². The molecular formula is C24H30O7. The smallest absolute Gasteiger partial charge is 0.336 e. The molecule has 0 radical (unpaired) electrons. The summed E-state index contributed by atoms with van der Waals surface area (Å²) in [6.45, 7) is 4.07. The Morgan fingerprint density at radius 1 is 0.742 bits per heavy atom. The molecule has 0 fully saturated rings. The summed E-state index contributed by atoms with van der Waals surface area (Å²) >= 11 is 0. The van der Waals surface area contributed by atoms with Crippen LogP contribution in [0, 0.1) is 5.92 Å². The van der Waals surface area contributed by atoms with E-state index in [9.17, 15) is 9.59 Å². The molecule has 0 heterocycles. The summed E-state index contributed by atoms with van der Waals surface area (Å²) in [5.74, 6) is -2.23. The van der Waals surface area contributed by atoms with Crippen molar-refractivity contribution in [1.29, 1.82) is 0 Å². The van der Waals surface area contributed by atoms with Gasteiger partial charge in [0.2, 0.25) is 0 Å². The SMILES string of the molecule is CCOC(=O)[C@H](COCc1ccccc1)[C@@H](OCOCc1ccccc1)C(=O)OCC. The summed E-state index contributed by atoms with van der Waals surface area (Å²) in [5.41, 5.74) is 1.91. The van der Waals surface area contributed by atoms with E-state index in [2.05, 4.69) is 0 Å². The highest BCUT2D eigenvalue weighted by Crippen LogP contribution is 2.16. The maximum absolute atomic E-state index is 12.6. The molecule has 0 bridgehead atoms. The molecule has 0 aliphatic carbocycles. The quantitative estimate of drug-likeness (QED) is 0.258. The lowest BCUT2D eigenvalue weighted by Crippen LogP contribution is -2.42. The minimum absolute atomic E-state index is 0.0596. The van der Waals surface area contributed by atoms with Gasteiger partial charge in [-0.05, 0) is 25.0 Å². The van der Waals surface area contributed by atoms with Gasteiger partial charge in [0.05, 0.1) is 33.0 Å². The number of benzene rings is 2. The predicted molar refractivity (Wildman–Crippen MR) is 114 cm³/mol. The lowest BCUT2D eigenvalue weighted by molar-refractivity contribution is -0.185. The highest BCUT2D eigenvalue weighted by atomic mass is 16.7. The Balaban J connectivity index is 2.00. The molecule has 168 valence electrons. The molecule has 0 N–H and O–H groups in total. The van der Waals surface area contributed by atoms with E-state index in [4.69, 9.17) is 23.7 Å². The topological polar surface area (TPSA) is 80.3 Å². The third-order valence-electron chi connectivity index (χ3n) is 4.33. The van der Waals surface area contributed by atoms with E-state index < -0.39 is 24.0 Å². The molecule has 0 aliphatic heterocycles. The Hall–Kier alpha value is -2.74. The van der Waals surface area contributed by atoms with Crippen molar-refractivity contribution >= 4 is 11.9 Å². The van der Waals surface area contributed by atoms with Crippen LogP contribution in [-0.4, -0.2) is 44.7 Å². The number of hydrogen-bond donors (Lipinski definition) is 0. The fraction of sp³-hybridized carbons (Fsp3) is 0.417. The summed E-state index contributed by atoms with van der Waals surface area (Å²) in [6.07, 6.45) is -1.20. The molecule has 7 nitrogen and oxygen atoms in total. The normalized spacial score (nSPS) is 12.7. The first-order chi connectivity index (χ1) is 15.2. The van der Waals surface area contributed by atoms with Gasteiger partial charge in [0, 0.05) is 0 Å². The van der Waals surface area contributed by atoms with Crippen molar-refractivity contribution in [3.05, 3.63) is 71.8 Å². The number of carbonyl (C=O) groups is 2. The second-order valence-corrected chi connectivity index (χ2v) is 6.65. The van der Waals surface area contributed by atoms with Gasteiger partial charge in [0.25, 0.3) is 0 Å². The van der Waals surface area contributed by atoms with E-state index >= 15 is 0 Å². The number of ether oxygens (including phenoxy) is 5. The zero-order chi connectivity index (χ0) is 22.3. The maximum Gasteiger partial charge on any atom is 0.336 e. The third-order valence-corrected chi connectivity index (χ3v) is 4.33. The monoisotopic (exact) mass is 430 g/mol. The van der Waals surface area contributed by atoms with Crippen molar-refractivity contribution in [3.8, 4) is 0 Å².